The van der Waals surface area contributed by atoms with E-state index in [9.17, 15) is 4.79 Å². The lowest BCUT2D eigenvalue weighted by Gasteiger charge is -2.13. The summed E-state index contributed by atoms with van der Waals surface area (Å²) >= 11 is 1.54. The van der Waals surface area contributed by atoms with Gasteiger partial charge in [0, 0.05) is 24.1 Å². The van der Waals surface area contributed by atoms with Crippen molar-refractivity contribution in [1.82, 2.24) is 10.3 Å². The summed E-state index contributed by atoms with van der Waals surface area (Å²) in [4.78, 5) is 16.1. The maximum absolute atomic E-state index is 12.0. The Bertz CT molecular complexity index is 555. The Morgan fingerprint density at radius 3 is 2.76 bits per heavy atom. The molecular weight excluding hydrogens is 288 g/mol. The molecule has 112 valence electrons. The fourth-order valence-electron chi connectivity index (χ4n) is 1.77. The average molecular weight is 306 g/mol. The van der Waals surface area contributed by atoms with Crippen LogP contribution in [-0.2, 0) is 11.3 Å². The second-order valence-electron chi connectivity index (χ2n) is 4.62. The van der Waals surface area contributed by atoms with Crippen LogP contribution in [0.2, 0.25) is 0 Å². The van der Waals surface area contributed by atoms with Gasteiger partial charge >= 0.3 is 0 Å². The van der Waals surface area contributed by atoms with Gasteiger partial charge in [-0.05, 0) is 31.2 Å². The molecule has 0 spiro atoms. The number of rotatable bonds is 7. The zero-order valence-corrected chi connectivity index (χ0v) is 12.9. The molecule has 0 aliphatic rings. The minimum Gasteiger partial charge on any atom is -0.487 e. The minimum absolute atomic E-state index is 0.0249. The van der Waals surface area contributed by atoms with Crippen molar-refractivity contribution in [3.63, 3.8) is 0 Å². The summed E-state index contributed by atoms with van der Waals surface area (Å²) in [5, 5.41) is 4.80. The van der Waals surface area contributed by atoms with Gasteiger partial charge in [-0.1, -0.05) is 0 Å². The molecule has 2 aromatic rings. The van der Waals surface area contributed by atoms with E-state index in [4.69, 9.17) is 9.47 Å². The van der Waals surface area contributed by atoms with Crippen molar-refractivity contribution in [2.75, 3.05) is 13.7 Å². The van der Waals surface area contributed by atoms with Gasteiger partial charge in [-0.25, -0.2) is 4.98 Å². The first-order valence-electron chi connectivity index (χ1n) is 6.58. The Morgan fingerprint density at radius 1 is 1.38 bits per heavy atom. The molecule has 0 radical (unpaired) electrons. The van der Waals surface area contributed by atoms with E-state index < -0.39 is 0 Å². The first-order valence-corrected chi connectivity index (χ1v) is 7.53. The lowest BCUT2D eigenvalue weighted by molar-refractivity contribution is 0.0905. The normalized spacial score (nSPS) is 11.9. The van der Waals surface area contributed by atoms with Gasteiger partial charge in [0.1, 0.15) is 12.4 Å². The van der Waals surface area contributed by atoms with E-state index in [1.807, 2.05) is 12.3 Å². The number of nitrogens with one attached hydrogen (secondary N) is 1. The molecule has 1 amide bonds. The fourth-order valence-corrected chi connectivity index (χ4v) is 2.31. The summed E-state index contributed by atoms with van der Waals surface area (Å²) in [7, 11) is 1.61. The SMILES string of the molecule is COCC(C)NC(=O)c1ccc(OCc2cscn2)cc1. The average Bonchev–Trinajstić information content (AvgIpc) is 2.99. The van der Waals surface area contributed by atoms with Gasteiger partial charge in [-0.2, -0.15) is 0 Å². The summed E-state index contributed by atoms with van der Waals surface area (Å²) in [6.07, 6.45) is 0. The lowest BCUT2D eigenvalue weighted by Crippen LogP contribution is -2.35. The molecule has 0 saturated heterocycles. The molecule has 0 saturated carbocycles. The molecule has 1 atom stereocenters. The van der Waals surface area contributed by atoms with Crippen molar-refractivity contribution < 1.29 is 14.3 Å². The van der Waals surface area contributed by atoms with Gasteiger partial charge < -0.3 is 14.8 Å². The topological polar surface area (TPSA) is 60.5 Å². The Kier molecular flexibility index (Phi) is 5.71. The van der Waals surface area contributed by atoms with E-state index in [1.54, 1.807) is 36.9 Å². The predicted molar refractivity (Wildman–Crippen MR) is 81.7 cm³/mol. The molecule has 1 N–H and O–H groups in total. The van der Waals surface area contributed by atoms with Crippen LogP contribution < -0.4 is 10.1 Å². The van der Waals surface area contributed by atoms with Crippen LogP contribution in [0.5, 0.6) is 5.75 Å². The van der Waals surface area contributed by atoms with Crippen LogP contribution in [0.15, 0.2) is 35.2 Å². The van der Waals surface area contributed by atoms with E-state index in [0.29, 0.717) is 24.5 Å². The molecule has 1 heterocycles. The second-order valence-corrected chi connectivity index (χ2v) is 5.34. The number of carbonyl (C=O) groups excluding carboxylic acids is 1. The molecule has 21 heavy (non-hydrogen) atoms. The molecule has 0 bridgehead atoms. The quantitative estimate of drug-likeness (QED) is 0.854. The van der Waals surface area contributed by atoms with Gasteiger partial charge in [-0.3, -0.25) is 4.79 Å². The Labute approximate surface area is 127 Å². The van der Waals surface area contributed by atoms with Crippen LogP contribution in [0.25, 0.3) is 0 Å². The van der Waals surface area contributed by atoms with Gasteiger partial charge in [-0.15, -0.1) is 11.3 Å². The first kappa shape index (κ1) is 15.5. The summed E-state index contributed by atoms with van der Waals surface area (Å²) in [5.41, 5.74) is 3.27. The highest BCUT2D eigenvalue weighted by atomic mass is 32.1. The zero-order valence-electron chi connectivity index (χ0n) is 12.0. The lowest BCUT2D eigenvalue weighted by atomic mass is 10.2. The van der Waals surface area contributed by atoms with E-state index >= 15 is 0 Å². The molecule has 0 fully saturated rings. The molecular formula is C15H18N2O3S. The largest absolute Gasteiger partial charge is 0.487 e. The van der Waals surface area contributed by atoms with Crippen LogP contribution in [0.1, 0.15) is 23.0 Å². The van der Waals surface area contributed by atoms with Gasteiger partial charge in [0.2, 0.25) is 0 Å². The summed E-state index contributed by atoms with van der Waals surface area (Å²) < 4.78 is 10.6. The van der Waals surface area contributed by atoms with E-state index in [1.165, 1.54) is 11.3 Å². The predicted octanol–water partition coefficient (Wildman–Crippen LogP) is 2.49. The van der Waals surface area contributed by atoms with Crippen molar-refractivity contribution in [1.29, 1.82) is 0 Å². The van der Waals surface area contributed by atoms with Crippen molar-refractivity contribution in [3.05, 3.63) is 46.4 Å². The molecule has 1 aromatic heterocycles. The number of ether oxygens (including phenoxy) is 2. The number of nitrogens with zero attached hydrogens (tertiary/aromatic N) is 1. The number of hydrogen-bond donors (Lipinski definition) is 1. The van der Waals surface area contributed by atoms with Crippen LogP contribution in [-0.4, -0.2) is 30.6 Å². The number of methoxy groups -OCH3 is 1. The Hall–Kier alpha value is -1.92. The molecule has 1 unspecified atom stereocenters. The third kappa shape index (κ3) is 4.84. The smallest absolute Gasteiger partial charge is 0.251 e. The standard InChI is InChI=1S/C15H18N2O3S/c1-11(7-19-2)17-15(18)12-3-5-14(6-4-12)20-8-13-9-21-10-16-13/h3-6,9-11H,7-8H2,1-2H3,(H,17,18). The molecule has 2 rings (SSSR count). The van der Waals surface area contributed by atoms with Crippen molar-refractivity contribution in [2.24, 2.45) is 0 Å². The maximum Gasteiger partial charge on any atom is 0.251 e. The number of benzene rings is 1. The van der Waals surface area contributed by atoms with Crippen molar-refractivity contribution in [3.8, 4) is 5.75 Å². The summed E-state index contributed by atoms with van der Waals surface area (Å²) in [6, 6.07) is 7.02. The maximum atomic E-state index is 12.0. The van der Waals surface area contributed by atoms with Crippen LogP contribution in [0.4, 0.5) is 0 Å². The molecule has 1 aromatic carbocycles. The Balaban J connectivity index is 1.87. The van der Waals surface area contributed by atoms with Crippen LogP contribution >= 0.6 is 11.3 Å². The summed E-state index contributed by atoms with van der Waals surface area (Å²) in [5.74, 6) is 0.593. The van der Waals surface area contributed by atoms with Gasteiger partial charge in [0.05, 0.1) is 17.8 Å². The third-order valence-corrected chi connectivity index (χ3v) is 3.42. The Morgan fingerprint density at radius 2 is 2.14 bits per heavy atom. The number of carbonyl (C=O) groups is 1. The number of amides is 1. The first-order chi connectivity index (χ1) is 10.2. The van der Waals surface area contributed by atoms with Crippen LogP contribution in [0, 0.1) is 0 Å². The van der Waals surface area contributed by atoms with Crippen LogP contribution in [0.3, 0.4) is 0 Å². The highest BCUT2D eigenvalue weighted by Gasteiger charge is 2.09. The van der Waals surface area contributed by atoms with E-state index in [0.717, 1.165) is 5.69 Å². The van der Waals surface area contributed by atoms with Crippen molar-refractivity contribution >= 4 is 17.2 Å². The highest BCUT2D eigenvalue weighted by Crippen LogP contribution is 2.14. The monoisotopic (exact) mass is 306 g/mol. The summed E-state index contributed by atoms with van der Waals surface area (Å²) in [6.45, 7) is 2.81. The number of thiazole rings is 1. The molecule has 5 nitrogen and oxygen atoms in total. The third-order valence-electron chi connectivity index (χ3n) is 2.78. The fraction of sp³-hybridized carbons (Fsp3) is 0.333. The van der Waals surface area contributed by atoms with Gasteiger partial charge in [0.25, 0.3) is 5.91 Å². The zero-order chi connectivity index (χ0) is 15.1. The second kappa shape index (κ2) is 7.75. The number of hydrogen-bond acceptors (Lipinski definition) is 5. The van der Waals surface area contributed by atoms with E-state index in [2.05, 4.69) is 10.3 Å². The molecule has 0 aliphatic heterocycles. The van der Waals surface area contributed by atoms with Gasteiger partial charge in [0.15, 0.2) is 0 Å². The van der Waals surface area contributed by atoms with E-state index in [-0.39, 0.29) is 11.9 Å². The van der Waals surface area contributed by atoms with Crippen molar-refractivity contribution in [2.45, 2.75) is 19.6 Å². The molecule has 6 heteroatoms. The highest BCUT2D eigenvalue weighted by molar-refractivity contribution is 7.07. The molecule has 0 aliphatic carbocycles. The minimum atomic E-state index is -0.120. The number of aromatic nitrogens is 1.